The summed E-state index contributed by atoms with van der Waals surface area (Å²) in [6, 6.07) is 8.13. The number of thiazole rings is 1. The Morgan fingerprint density at radius 3 is 2.63 bits per heavy atom. The average Bonchev–Trinajstić information content (AvgIpc) is 3.53. The standard InChI is InChI=1S/C26H30N6O2S/c1-18-6-8-21(9-7-18)25-28-23(34-29-25)5-4-12-30-13-15-31(16-14-30)24(33)11-10-22-20(3)27-26-32(22)17-19(2)35-26/h6-11,17H,4-5,12-16H2,1-3H3/b11-10+. The summed E-state index contributed by atoms with van der Waals surface area (Å²) in [7, 11) is 0. The fourth-order valence-corrected chi connectivity index (χ4v) is 5.24. The molecule has 3 aromatic heterocycles. The van der Waals surface area contributed by atoms with Gasteiger partial charge in [0.1, 0.15) is 0 Å². The lowest BCUT2D eigenvalue weighted by molar-refractivity contribution is -0.127. The van der Waals surface area contributed by atoms with Crippen LogP contribution in [0, 0.1) is 20.8 Å². The van der Waals surface area contributed by atoms with Gasteiger partial charge in [-0.15, -0.1) is 11.3 Å². The lowest BCUT2D eigenvalue weighted by atomic mass is 10.1. The van der Waals surface area contributed by atoms with E-state index < -0.39 is 0 Å². The molecule has 4 aromatic rings. The molecule has 0 unspecified atom stereocenters. The van der Waals surface area contributed by atoms with Crippen LogP contribution in [0.1, 0.15) is 34.1 Å². The summed E-state index contributed by atoms with van der Waals surface area (Å²) in [6.07, 6.45) is 7.34. The van der Waals surface area contributed by atoms with Crippen molar-refractivity contribution in [2.45, 2.75) is 33.6 Å². The lowest BCUT2D eigenvalue weighted by Gasteiger charge is -2.34. The minimum Gasteiger partial charge on any atom is -0.339 e. The largest absolute Gasteiger partial charge is 0.339 e. The van der Waals surface area contributed by atoms with Crippen LogP contribution in [0.15, 0.2) is 41.1 Å². The van der Waals surface area contributed by atoms with Crippen molar-refractivity contribution >= 4 is 28.3 Å². The maximum absolute atomic E-state index is 12.8. The van der Waals surface area contributed by atoms with Crippen molar-refractivity contribution in [2.75, 3.05) is 32.7 Å². The van der Waals surface area contributed by atoms with E-state index in [0.29, 0.717) is 11.7 Å². The van der Waals surface area contributed by atoms with Crippen molar-refractivity contribution in [3.05, 3.63) is 64.3 Å². The molecule has 1 fully saturated rings. The van der Waals surface area contributed by atoms with Gasteiger partial charge in [-0.2, -0.15) is 4.98 Å². The monoisotopic (exact) mass is 490 g/mol. The summed E-state index contributed by atoms with van der Waals surface area (Å²) in [6.45, 7) is 10.3. The minimum atomic E-state index is 0.0560. The van der Waals surface area contributed by atoms with Gasteiger partial charge in [0, 0.05) is 55.3 Å². The molecule has 4 heterocycles. The molecule has 0 bridgehead atoms. The quantitative estimate of drug-likeness (QED) is 0.362. The number of aromatic nitrogens is 4. The van der Waals surface area contributed by atoms with Crippen LogP contribution < -0.4 is 0 Å². The first-order chi connectivity index (χ1) is 17.0. The maximum atomic E-state index is 12.8. The Balaban J connectivity index is 1.07. The van der Waals surface area contributed by atoms with E-state index in [9.17, 15) is 4.79 Å². The van der Waals surface area contributed by atoms with E-state index in [2.05, 4.69) is 44.5 Å². The van der Waals surface area contributed by atoms with Crippen LogP contribution in [-0.2, 0) is 11.2 Å². The summed E-state index contributed by atoms with van der Waals surface area (Å²) in [5.41, 5.74) is 4.09. The number of imidazole rings is 1. The first-order valence-electron chi connectivity index (χ1n) is 12.0. The minimum absolute atomic E-state index is 0.0560. The Labute approximate surface area is 208 Å². The van der Waals surface area contributed by atoms with Crippen LogP contribution in [-0.4, -0.2) is 68.0 Å². The molecule has 1 aliphatic rings. The molecule has 0 atom stereocenters. The molecule has 1 amide bonds. The zero-order valence-corrected chi connectivity index (χ0v) is 21.2. The Bertz CT molecular complexity index is 1340. The van der Waals surface area contributed by atoms with Gasteiger partial charge in [-0.05, 0) is 39.8 Å². The molecule has 0 radical (unpaired) electrons. The van der Waals surface area contributed by atoms with Crippen molar-refractivity contribution < 1.29 is 9.32 Å². The topological polar surface area (TPSA) is 79.8 Å². The average molecular weight is 491 g/mol. The van der Waals surface area contributed by atoms with E-state index in [-0.39, 0.29) is 5.91 Å². The van der Waals surface area contributed by atoms with E-state index in [1.54, 1.807) is 17.4 Å². The van der Waals surface area contributed by atoms with Gasteiger partial charge in [0.05, 0.1) is 11.4 Å². The van der Waals surface area contributed by atoms with Gasteiger partial charge >= 0.3 is 0 Å². The molecule has 8 nitrogen and oxygen atoms in total. The molecule has 0 N–H and O–H groups in total. The molecule has 0 saturated carbocycles. The number of hydrogen-bond donors (Lipinski definition) is 0. The van der Waals surface area contributed by atoms with Crippen LogP contribution in [0.4, 0.5) is 0 Å². The van der Waals surface area contributed by atoms with E-state index >= 15 is 0 Å². The molecule has 1 saturated heterocycles. The van der Waals surface area contributed by atoms with E-state index in [4.69, 9.17) is 4.52 Å². The highest BCUT2D eigenvalue weighted by Gasteiger charge is 2.20. The normalized spacial score (nSPS) is 15.0. The Morgan fingerprint density at radius 1 is 1.09 bits per heavy atom. The third-order valence-electron chi connectivity index (χ3n) is 6.37. The SMILES string of the molecule is Cc1ccc(-c2noc(CCCN3CCN(C(=O)/C=C/c4c(C)nc5sc(C)cn45)CC3)n2)cc1. The highest BCUT2D eigenvalue weighted by molar-refractivity contribution is 7.17. The first kappa shape index (κ1) is 23.4. The van der Waals surface area contributed by atoms with Crippen LogP contribution in [0.5, 0.6) is 0 Å². The van der Waals surface area contributed by atoms with Crippen LogP contribution in [0.25, 0.3) is 22.4 Å². The number of amides is 1. The predicted molar refractivity (Wildman–Crippen MR) is 137 cm³/mol. The summed E-state index contributed by atoms with van der Waals surface area (Å²) < 4.78 is 7.50. The molecule has 1 aromatic carbocycles. The number of aryl methyl sites for hydroxylation is 4. The van der Waals surface area contributed by atoms with Crippen LogP contribution >= 0.6 is 11.3 Å². The fourth-order valence-electron chi connectivity index (χ4n) is 4.36. The highest BCUT2D eigenvalue weighted by Crippen LogP contribution is 2.22. The number of benzene rings is 1. The van der Waals surface area contributed by atoms with Gasteiger partial charge in [-0.3, -0.25) is 14.1 Å². The van der Waals surface area contributed by atoms with E-state index in [0.717, 1.165) is 67.5 Å². The molecule has 9 heteroatoms. The molecule has 1 aliphatic heterocycles. The number of fused-ring (bicyclic) bond motifs is 1. The molecule has 5 rings (SSSR count). The summed E-state index contributed by atoms with van der Waals surface area (Å²) in [5, 5.41) is 4.11. The van der Waals surface area contributed by atoms with E-state index in [1.165, 1.54) is 10.4 Å². The number of rotatable bonds is 7. The fraction of sp³-hybridized carbons (Fsp3) is 0.385. The van der Waals surface area contributed by atoms with Gasteiger partial charge in [0.2, 0.25) is 17.6 Å². The zero-order valence-electron chi connectivity index (χ0n) is 20.4. The molecule has 0 aliphatic carbocycles. The van der Waals surface area contributed by atoms with Crippen LogP contribution in [0.2, 0.25) is 0 Å². The molecular weight excluding hydrogens is 460 g/mol. The Kier molecular flexibility index (Phi) is 6.79. The third kappa shape index (κ3) is 5.36. The van der Waals surface area contributed by atoms with Crippen molar-refractivity contribution in [1.29, 1.82) is 0 Å². The highest BCUT2D eigenvalue weighted by atomic mass is 32.1. The predicted octanol–water partition coefficient (Wildman–Crippen LogP) is 4.16. The van der Waals surface area contributed by atoms with Gasteiger partial charge in [0.15, 0.2) is 4.96 Å². The smallest absolute Gasteiger partial charge is 0.246 e. The number of carbonyl (C=O) groups excluding carboxylic acids is 1. The van der Waals surface area contributed by atoms with Crippen molar-refractivity contribution in [1.82, 2.24) is 29.3 Å². The van der Waals surface area contributed by atoms with Crippen molar-refractivity contribution in [3.63, 3.8) is 0 Å². The second-order valence-corrected chi connectivity index (χ2v) is 10.3. The summed E-state index contributed by atoms with van der Waals surface area (Å²) in [5.74, 6) is 1.37. The molecule has 35 heavy (non-hydrogen) atoms. The van der Waals surface area contributed by atoms with Gasteiger partial charge in [0.25, 0.3) is 0 Å². The third-order valence-corrected chi connectivity index (χ3v) is 7.27. The Hall–Kier alpha value is -3.30. The van der Waals surface area contributed by atoms with E-state index in [1.807, 2.05) is 42.2 Å². The zero-order chi connectivity index (χ0) is 24.4. The second-order valence-electron chi connectivity index (χ2n) is 9.06. The molecule has 182 valence electrons. The molecule has 0 spiro atoms. The summed E-state index contributed by atoms with van der Waals surface area (Å²) >= 11 is 1.66. The summed E-state index contributed by atoms with van der Waals surface area (Å²) in [4.78, 5) is 28.4. The Morgan fingerprint density at radius 2 is 1.86 bits per heavy atom. The van der Waals surface area contributed by atoms with Crippen LogP contribution in [0.3, 0.4) is 0 Å². The number of piperazine rings is 1. The molecular formula is C26H30N6O2S. The number of carbonyl (C=O) groups is 1. The first-order valence-corrected chi connectivity index (χ1v) is 12.8. The van der Waals surface area contributed by atoms with Gasteiger partial charge in [-0.25, -0.2) is 4.98 Å². The maximum Gasteiger partial charge on any atom is 0.246 e. The van der Waals surface area contributed by atoms with Crippen molar-refractivity contribution in [2.24, 2.45) is 0 Å². The van der Waals surface area contributed by atoms with Gasteiger partial charge < -0.3 is 9.42 Å². The number of nitrogens with zero attached hydrogens (tertiary/aromatic N) is 6. The second kappa shape index (κ2) is 10.1. The number of hydrogen-bond acceptors (Lipinski definition) is 7. The van der Waals surface area contributed by atoms with Crippen molar-refractivity contribution in [3.8, 4) is 11.4 Å². The lowest BCUT2D eigenvalue weighted by Crippen LogP contribution is -2.48. The van der Waals surface area contributed by atoms with Gasteiger partial charge in [-0.1, -0.05) is 35.0 Å².